The molecule has 0 bridgehead atoms. The molecule has 0 aliphatic carbocycles. The van der Waals surface area contributed by atoms with Crippen LogP contribution in [0.15, 0.2) is 0 Å². The normalized spacial score (nSPS) is 12.1. The lowest BCUT2D eigenvalue weighted by molar-refractivity contribution is -0.161. The standard InChI is InChI=1S/C42H82O5/c1-4-5-6-7-8-9-10-11-12-13-14-15-16-17-20-24-27-30-33-36-42(45)47-40(37-43)38-46-41(44)35-32-29-26-23-21-18-19-22-25-28-31-34-39(2)3/h39-40,43H,4-38H2,1-3H3/t40-/m0/s1. The van der Waals surface area contributed by atoms with Gasteiger partial charge in [0.1, 0.15) is 6.61 Å². The summed E-state index contributed by atoms with van der Waals surface area (Å²) in [4.78, 5) is 24.3. The van der Waals surface area contributed by atoms with Crippen molar-refractivity contribution in [2.24, 2.45) is 5.92 Å². The van der Waals surface area contributed by atoms with Gasteiger partial charge in [-0.1, -0.05) is 207 Å². The number of rotatable bonds is 38. The first kappa shape index (κ1) is 45.9. The van der Waals surface area contributed by atoms with Gasteiger partial charge < -0.3 is 14.6 Å². The minimum atomic E-state index is -0.762. The highest BCUT2D eigenvalue weighted by molar-refractivity contribution is 5.70. The Balaban J connectivity index is 3.47. The molecule has 0 aliphatic rings. The maximum Gasteiger partial charge on any atom is 0.306 e. The van der Waals surface area contributed by atoms with E-state index in [-0.39, 0.29) is 25.2 Å². The van der Waals surface area contributed by atoms with E-state index < -0.39 is 6.10 Å². The fourth-order valence-electron chi connectivity index (χ4n) is 6.39. The third-order valence-electron chi connectivity index (χ3n) is 9.58. The van der Waals surface area contributed by atoms with Crippen LogP contribution in [0.1, 0.15) is 233 Å². The number of aliphatic hydroxyl groups excluding tert-OH is 1. The maximum atomic E-state index is 12.2. The molecule has 0 aromatic rings. The molecule has 0 amide bonds. The second-order valence-corrected chi connectivity index (χ2v) is 14.9. The molecule has 0 aromatic heterocycles. The highest BCUT2D eigenvalue weighted by Crippen LogP contribution is 2.16. The summed E-state index contributed by atoms with van der Waals surface area (Å²) in [7, 11) is 0. The summed E-state index contributed by atoms with van der Waals surface area (Å²) in [6.07, 6.45) is 40.3. The molecule has 0 saturated carbocycles. The highest BCUT2D eigenvalue weighted by Gasteiger charge is 2.16. The van der Waals surface area contributed by atoms with Crippen LogP contribution in [0.4, 0.5) is 0 Å². The zero-order chi connectivity index (χ0) is 34.5. The predicted octanol–water partition coefficient (Wildman–Crippen LogP) is 13.0. The van der Waals surface area contributed by atoms with Gasteiger partial charge in [0.2, 0.25) is 0 Å². The van der Waals surface area contributed by atoms with Gasteiger partial charge in [-0.05, 0) is 18.8 Å². The van der Waals surface area contributed by atoms with Crippen molar-refractivity contribution in [3.8, 4) is 0 Å². The first-order chi connectivity index (χ1) is 23.0. The zero-order valence-electron chi connectivity index (χ0n) is 32.0. The summed E-state index contributed by atoms with van der Waals surface area (Å²) in [6.45, 7) is 6.51. The first-order valence-corrected chi connectivity index (χ1v) is 21.0. The Bertz CT molecular complexity index is 649. The van der Waals surface area contributed by atoms with Gasteiger partial charge in [0, 0.05) is 12.8 Å². The van der Waals surface area contributed by atoms with Gasteiger partial charge >= 0.3 is 11.9 Å². The molecular formula is C42H82O5. The average molecular weight is 667 g/mol. The Labute approximate surface area is 293 Å². The fourth-order valence-corrected chi connectivity index (χ4v) is 6.39. The predicted molar refractivity (Wildman–Crippen MR) is 201 cm³/mol. The first-order valence-electron chi connectivity index (χ1n) is 21.0. The fraction of sp³-hybridized carbons (Fsp3) is 0.952. The Kier molecular flexibility index (Phi) is 36.8. The number of ether oxygens (including phenoxy) is 2. The molecule has 0 fully saturated rings. The van der Waals surface area contributed by atoms with Crippen LogP contribution in [-0.2, 0) is 19.1 Å². The summed E-state index contributed by atoms with van der Waals surface area (Å²) in [5, 5.41) is 9.56. The summed E-state index contributed by atoms with van der Waals surface area (Å²) in [5.41, 5.74) is 0. The molecule has 0 radical (unpaired) electrons. The van der Waals surface area contributed by atoms with Crippen molar-refractivity contribution >= 4 is 11.9 Å². The van der Waals surface area contributed by atoms with E-state index in [9.17, 15) is 14.7 Å². The topological polar surface area (TPSA) is 72.8 Å². The van der Waals surface area contributed by atoms with Gasteiger partial charge in [-0.2, -0.15) is 0 Å². The second kappa shape index (κ2) is 37.7. The van der Waals surface area contributed by atoms with Gasteiger partial charge in [-0.3, -0.25) is 9.59 Å². The Morgan fingerprint density at radius 3 is 1.13 bits per heavy atom. The summed E-state index contributed by atoms with van der Waals surface area (Å²) < 4.78 is 10.6. The average Bonchev–Trinajstić information content (AvgIpc) is 3.06. The minimum absolute atomic E-state index is 0.0578. The van der Waals surface area contributed by atoms with E-state index in [1.807, 2.05) is 0 Å². The number of aliphatic hydroxyl groups is 1. The smallest absolute Gasteiger partial charge is 0.306 e. The molecule has 0 saturated heterocycles. The molecule has 0 aliphatic heterocycles. The van der Waals surface area contributed by atoms with Crippen molar-refractivity contribution in [2.45, 2.75) is 239 Å². The Morgan fingerprint density at radius 1 is 0.468 bits per heavy atom. The largest absolute Gasteiger partial charge is 0.462 e. The van der Waals surface area contributed by atoms with Crippen molar-refractivity contribution < 1.29 is 24.2 Å². The third kappa shape index (κ3) is 37.6. The van der Waals surface area contributed by atoms with E-state index in [1.165, 1.54) is 161 Å². The molecule has 5 nitrogen and oxygen atoms in total. The molecule has 1 atom stereocenters. The van der Waals surface area contributed by atoms with Gasteiger partial charge in [-0.15, -0.1) is 0 Å². The SMILES string of the molecule is CCCCCCCCCCCCCCCCCCCCCC(=O)O[C@@H](CO)COC(=O)CCCCCCCCCCCCCC(C)C. The molecule has 5 heteroatoms. The van der Waals surface area contributed by atoms with Crippen molar-refractivity contribution in [2.75, 3.05) is 13.2 Å². The van der Waals surface area contributed by atoms with Gasteiger partial charge in [-0.25, -0.2) is 0 Å². The lowest BCUT2D eigenvalue weighted by Crippen LogP contribution is -2.28. The van der Waals surface area contributed by atoms with E-state index in [0.717, 1.165) is 44.4 Å². The number of esters is 2. The van der Waals surface area contributed by atoms with Crippen LogP contribution in [-0.4, -0.2) is 36.4 Å². The quantitative estimate of drug-likeness (QED) is 0.0524. The molecule has 0 spiro atoms. The van der Waals surface area contributed by atoms with Crippen LogP contribution in [0, 0.1) is 5.92 Å². The molecule has 47 heavy (non-hydrogen) atoms. The van der Waals surface area contributed by atoms with Gasteiger partial charge in [0.05, 0.1) is 6.61 Å². The zero-order valence-corrected chi connectivity index (χ0v) is 32.0. The molecule has 0 unspecified atom stereocenters. The number of hydrogen-bond donors (Lipinski definition) is 1. The van der Waals surface area contributed by atoms with Crippen LogP contribution in [0.5, 0.6) is 0 Å². The van der Waals surface area contributed by atoms with Crippen molar-refractivity contribution in [3.63, 3.8) is 0 Å². The summed E-state index contributed by atoms with van der Waals surface area (Å²) >= 11 is 0. The van der Waals surface area contributed by atoms with Crippen LogP contribution in [0.3, 0.4) is 0 Å². The van der Waals surface area contributed by atoms with E-state index in [2.05, 4.69) is 20.8 Å². The maximum absolute atomic E-state index is 12.2. The van der Waals surface area contributed by atoms with Crippen molar-refractivity contribution in [1.82, 2.24) is 0 Å². The van der Waals surface area contributed by atoms with Crippen molar-refractivity contribution in [3.05, 3.63) is 0 Å². The Hall–Kier alpha value is -1.10. The number of hydrogen-bond acceptors (Lipinski definition) is 5. The minimum Gasteiger partial charge on any atom is -0.462 e. The van der Waals surface area contributed by atoms with Crippen LogP contribution >= 0.6 is 0 Å². The molecule has 0 aromatic carbocycles. The van der Waals surface area contributed by atoms with Gasteiger partial charge in [0.25, 0.3) is 0 Å². The van der Waals surface area contributed by atoms with E-state index in [0.29, 0.717) is 12.8 Å². The molecule has 1 N–H and O–H groups in total. The lowest BCUT2D eigenvalue weighted by Gasteiger charge is -2.15. The molecular weight excluding hydrogens is 584 g/mol. The Morgan fingerprint density at radius 2 is 0.787 bits per heavy atom. The van der Waals surface area contributed by atoms with E-state index >= 15 is 0 Å². The summed E-state index contributed by atoms with van der Waals surface area (Å²) in [6, 6.07) is 0. The third-order valence-corrected chi connectivity index (χ3v) is 9.58. The number of unbranched alkanes of at least 4 members (excludes halogenated alkanes) is 28. The van der Waals surface area contributed by atoms with Crippen LogP contribution < -0.4 is 0 Å². The number of carbonyl (C=O) groups is 2. The molecule has 0 rings (SSSR count). The highest BCUT2D eigenvalue weighted by atomic mass is 16.6. The molecule has 280 valence electrons. The van der Waals surface area contributed by atoms with E-state index in [4.69, 9.17) is 9.47 Å². The van der Waals surface area contributed by atoms with Crippen molar-refractivity contribution in [1.29, 1.82) is 0 Å². The number of carbonyl (C=O) groups excluding carboxylic acids is 2. The van der Waals surface area contributed by atoms with Gasteiger partial charge in [0.15, 0.2) is 6.10 Å². The van der Waals surface area contributed by atoms with E-state index in [1.54, 1.807) is 0 Å². The lowest BCUT2D eigenvalue weighted by atomic mass is 10.0. The van der Waals surface area contributed by atoms with Crippen LogP contribution in [0.2, 0.25) is 0 Å². The van der Waals surface area contributed by atoms with Crippen LogP contribution in [0.25, 0.3) is 0 Å². The monoisotopic (exact) mass is 667 g/mol. The molecule has 0 heterocycles. The summed E-state index contributed by atoms with van der Waals surface area (Å²) in [5.74, 6) is 0.260. The second-order valence-electron chi connectivity index (χ2n) is 14.9.